The van der Waals surface area contributed by atoms with E-state index in [0.29, 0.717) is 12.1 Å². The van der Waals surface area contributed by atoms with Crippen LogP contribution in [0.4, 0.5) is 5.69 Å². The van der Waals surface area contributed by atoms with Crippen LogP contribution in [0.5, 0.6) is 0 Å². The van der Waals surface area contributed by atoms with Gasteiger partial charge in [-0.3, -0.25) is 10.1 Å². The summed E-state index contributed by atoms with van der Waals surface area (Å²) in [6, 6.07) is 4.94. The molecule has 0 aliphatic heterocycles. The molecule has 0 aliphatic rings. The van der Waals surface area contributed by atoms with Crippen molar-refractivity contribution in [3.63, 3.8) is 0 Å². The fourth-order valence-corrected chi connectivity index (χ4v) is 1.56. The Hall–Kier alpha value is -1.17. The molecule has 1 atom stereocenters. The zero-order valence-corrected chi connectivity index (χ0v) is 10.6. The molecule has 0 bridgehead atoms. The molecule has 96 valence electrons. The first-order valence-electron chi connectivity index (χ1n) is 5.27. The summed E-state index contributed by atoms with van der Waals surface area (Å²) in [5, 5.41) is 10.8. The molecule has 1 aromatic rings. The average Bonchev–Trinajstić information content (AvgIpc) is 2.26. The lowest BCUT2D eigenvalue weighted by molar-refractivity contribution is -0.385. The molecule has 0 spiro atoms. The third kappa shape index (κ3) is 4.30. The molecule has 0 saturated heterocycles. The topological polar surface area (TPSA) is 95.2 Å². The zero-order chi connectivity index (χ0) is 12.1. The van der Waals surface area contributed by atoms with Gasteiger partial charge in [0, 0.05) is 17.7 Å². The van der Waals surface area contributed by atoms with Crippen molar-refractivity contribution in [2.75, 3.05) is 6.54 Å². The standard InChI is InChI=1S/C11H17N3O2.ClH/c1-8-4-5-9(7-11(8)14(15)16)10(13)3-2-6-12;/h4-5,7,10H,2-3,6,12-13H2,1H3;1H/t10-;/m0./s1. The van der Waals surface area contributed by atoms with Crippen molar-refractivity contribution < 1.29 is 4.92 Å². The maximum atomic E-state index is 10.8. The van der Waals surface area contributed by atoms with Gasteiger partial charge in [-0.05, 0) is 31.9 Å². The second-order valence-electron chi connectivity index (χ2n) is 3.84. The summed E-state index contributed by atoms with van der Waals surface area (Å²) < 4.78 is 0. The number of nitrogens with two attached hydrogens (primary N) is 2. The van der Waals surface area contributed by atoms with Gasteiger partial charge in [0.05, 0.1) is 4.92 Å². The number of aryl methyl sites for hydroxylation is 1. The van der Waals surface area contributed by atoms with E-state index in [1.807, 2.05) is 6.07 Å². The maximum absolute atomic E-state index is 10.8. The van der Waals surface area contributed by atoms with Crippen LogP contribution in [-0.4, -0.2) is 11.5 Å². The second kappa shape index (κ2) is 7.21. The van der Waals surface area contributed by atoms with Crippen LogP contribution in [0, 0.1) is 17.0 Å². The minimum atomic E-state index is -0.380. The molecule has 0 amide bonds. The predicted molar refractivity (Wildman–Crippen MR) is 70.3 cm³/mol. The number of rotatable bonds is 5. The molecule has 4 N–H and O–H groups in total. The van der Waals surface area contributed by atoms with Gasteiger partial charge in [-0.2, -0.15) is 0 Å². The Bertz CT molecular complexity index is 385. The van der Waals surface area contributed by atoms with Crippen molar-refractivity contribution >= 4 is 18.1 Å². The van der Waals surface area contributed by atoms with Crippen molar-refractivity contribution in [3.05, 3.63) is 39.4 Å². The monoisotopic (exact) mass is 259 g/mol. The van der Waals surface area contributed by atoms with Gasteiger partial charge in [0.1, 0.15) is 0 Å². The molecule has 0 unspecified atom stereocenters. The van der Waals surface area contributed by atoms with Crippen LogP contribution in [0.25, 0.3) is 0 Å². The molecule has 0 heterocycles. The highest BCUT2D eigenvalue weighted by Gasteiger charge is 2.14. The summed E-state index contributed by atoms with van der Waals surface area (Å²) in [4.78, 5) is 10.4. The smallest absolute Gasteiger partial charge is 0.272 e. The van der Waals surface area contributed by atoms with Gasteiger partial charge in [0.2, 0.25) is 0 Å². The van der Waals surface area contributed by atoms with Crippen LogP contribution in [0.1, 0.15) is 30.0 Å². The van der Waals surface area contributed by atoms with Crippen molar-refractivity contribution in [3.8, 4) is 0 Å². The molecule has 6 heteroatoms. The van der Waals surface area contributed by atoms with Gasteiger partial charge in [-0.25, -0.2) is 0 Å². The second-order valence-corrected chi connectivity index (χ2v) is 3.84. The molecule has 0 radical (unpaired) electrons. The van der Waals surface area contributed by atoms with E-state index in [4.69, 9.17) is 11.5 Å². The number of benzene rings is 1. The summed E-state index contributed by atoms with van der Waals surface area (Å²) in [6.07, 6.45) is 1.57. The lowest BCUT2D eigenvalue weighted by Crippen LogP contribution is -2.12. The lowest BCUT2D eigenvalue weighted by Gasteiger charge is -2.11. The molecule has 1 aromatic carbocycles. The van der Waals surface area contributed by atoms with E-state index in [-0.39, 0.29) is 29.1 Å². The zero-order valence-electron chi connectivity index (χ0n) is 9.76. The van der Waals surface area contributed by atoms with E-state index in [1.54, 1.807) is 19.1 Å². The number of halogens is 1. The molecule has 17 heavy (non-hydrogen) atoms. The van der Waals surface area contributed by atoms with Crippen LogP contribution in [0.3, 0.4) is 0 Å². The Labute approximate surface area is 107 Å². The van der Waals surface area contributed by atoms with E-state index in [1.165, 1.54) is 0 Å². The Balaban J connectivity index is 0.00000256. The first-order chi connectivity index (χ1) is 7.56. The number of nitro benzene ring substituents is 1. The Morgan fingerprint density at radius 2 is 2.12 bits per heavy atom. The molecule has 1 rings (SSSR count). The van der Waals surface area contributed by atoms with Crippen molar-refractivity contribution in [2.24, 2.45) is 11.5 Å². The third-order valence-corrected chi connectivity index (χ3v) is 2.58. The fourth-order valence-electron chi connectivity index (χ4n) is 1.56. The van der Waals surface area contributed by atoms with Crippen molar-refractivity contribution in [1.82, 2.24) is 0 Å². The summed E-state index contributed by atoms with van der Waals surface area (Å²) in [5.74, 6) is 0. The first-order valence-corrected chi connectivity index (χ1v) is 5.27. The lowest BCUT2D eigenvalue weighted by atomic mass is 10.0. The Morgan fingerprint density at radius 1 is 1.47 bits per heavy atom. The number of hydrogen-bond donors (Lipinski definition) is 2. The van der Waals surface area contributed by atoms with E-state index in [0.717, 1.165) is 18.4 Å². The SMILES string of the molecule is Cc1ccc([C@@H](N)CCCN)cc1[N+](=O)[O-].Cl. The molecular weight excluding hydrogens is 242 g/mol. The van der Waals surface area contributed by atoms with Gasteiger partial charge in [0.25, 0.3) is 5.69 Å². The maximum Gasteiger partial charge on any atom is 0.272 e. The summed E-state index contributed by atoms with van der Waals surface area (Å²) >= 11 is 0. The minimum absolute atomic E-state index is 0. The summed E-state index contributed by atoms with van der Waals surface area (Å²) in [6.45, 7) is 2.30. The Kier molecular flexibility index (Phi) is 6.72. The quantitative estimate of drug-likeness (QED) is 0.625. The van der Waals surface area contributed by atoms with E-state index < -0.39 is 0 Å². The van der Waals surface area contributed by atoms with Crippen LogP contribution in [-0.2, 0) is 0 Å². The number of nitrogens with zero attached hydrogens (tertiary/aromatic N) is 1. The molecule has 5 nitrogen and oxygen atoms in total. The normalized spacial score (nSPS) is 11.7. The highest BCUT2D eigenvalue weighted by Crippen LogP contribution is 2.24. The molecular formula is C11H18ClN3O2. The van der Waals surface area contributed by atoms with Crippen LogP contribution in [0.2, 0.25) is 0 Å². The minimum Gasteiger partial charge on any atom is -0.330 e. The van der Waals surface area contributed by atoms with Gasteiger partial charge in [-0.1, -0.05) is 12.1 Å². The van der Waals surface area contributed by atoms with Gasteiger partial charge in [-0.15, -0.1) is 12.4 Å². The van der Waals surface area contributed by atoms with Crippen LogP contribution in [0.15, 0.2) is 18.2 Å². The number of hydrogen-bond acceptors (Lipinski definition) is 4. The van der Waals surface area contributed by atoms with E-state index >= 15 is 0 Å². The highest BCUT2D eigenvalue weighted by atomic mass is 35.5. The van der Waals surface area contributed by atoms with Crippen LogP contribution >= 0.6 is 12.4 Å². The van der Waals surface area contributed by atoms with Crippen LogP contribution < -0.4 is 11.5 Å². The number of nitro groups is 1. The van der Waals surface area contributed by atoms with E-state index in [2.05, 4.69) is 0 Å². The molecule has 0 aromatic heterocycles. The molecule has 0 fully saturated rings. The summed E-state index contributed by atoms with van der Waals surface area (Å²) in [5.41, 5.74) is 12.9. The largest absolute Gasteiger partial charge is 0.330 e. The molecule has 0 saturated carbocycles. The van der Waals surface area contributed by atoms with Gasteiger partial charge >= 0.3 is 0 Å². The van der Waals surface area contributed by atoms with Gasteiger partial charge < -0.3 is 11.5 Å². The van der Waals surface area contributed by atoms with Crippen molar-refractivity contribution in [2.45, 2.75) is 25.8 Å². The first kappa shape index (κ1) is 15.8. The van der Waals surface area contributed by atoms with Gasteiger partial charge in [0.15, 0.2) is 0 Å². The molecule has 0 aliphatic carbocycles. The fraction of sp³-hybridized carbons (Fsp3) is 0.455. The highest BCUT2D eigenvalue weighted by molar-refractivity contribution is 5.85. The average molecular weight is 260 g/mol. The third-order valence-electron chi connectivity index (χ3n) is 2.58. The predicted octanol–water partition coefficient (Wildman–Crippen LogP) is 2.06. The van der Waals surface area contributed by atoms with Crippen molar-refractivity contribution in [1.29, 1.82) is 0 Å². The Morgan fingerprint density at radius 3 is 2.65 bits per heavy atom. The summed E-state index contributed by atoms with van der Waals surface area (Å²) in [7, 11) is 0. The van der Waals surface area contributed by atoms with E-state index in [9.17, 15) is 10.1 Å².